The van der Waals surface area contributed by atoms with Crippen molar-refractivity contribution in [2.75, 3.05) is 19.6 Å². The summed E-state index contributed by atoms with van der Waals surface area (Å²) in [5.74, 6) is -0.395. The lowest BCUT2D eigenvalue weighted by molar-refractivity contribution is -0.141. The van der Waals surface area contributed by atoms with Crippen LogP contribution in [0.1, 0.15) is 20.8 Å². The van der Waals surface area contributed by atoms with Crippen molar-refractivity contribution in [1.82, 2.24) is 16.0 Å². The van der Waals surface area contributed by atoms with Crippen LogP contribution in [0.15, 0.2) is 0 Å². The first-order valence-corrected chi connectivity index (χ1v) is 5.09. The molecule has 0 bridgehead atoms. The van der Waals surface area contributed by atoms with E-state index < -0.39 is 6.04 Å². The van der Waals surface area contributed by atoms with Crippen molar-refractivity contribution in [2.45, 2.75) is 26.8 Å². The van der Waals surface area contributed by atoms with Crippen molar-refractivity contribution in [2.24, 2.45) is 5.41 Å². The van der Waals surface area contributed by atoms with Gasteiger partial charge in [-0.25, -0.2) is 5.73 Å². The Bertz CT molecular complexity index is 270. The predicted octanol–water partition coefficient (Wildman–Crippen LogP) is -0.358. The first kappa shape index (κ1) is 12.0. The van der Waals surface area contributed by atoms with Gasteiger partial charge in [0.2, 0.25) is 11.8 Å². The molecule has 0 aliphatic carbocycles. The summed E-state index contributed by atoms with van der Waals surface area (Å²) in [5.41, 5.74) is 7.42. The molecule has 2 amide bonds. The molecule has 0 aromatic carbocycles. The summed E-state index contributed by atoms with van der Waals surface area (Å²) in [6.45, 7) is 6.65. The van der Waals surface area contributed by atoms with E-state index in [0.29, 0.717) is 13.1 Å². The number of amides is 2. The Morgan fingerprint density at radius 1 is 1.53 bits per heavy atom. The van der Waals surface area contributed by atoms with Gasteiger partial charge in [-0.1, -0.05) is 20.8 Å². The number of carbonyl (C=O) groups is 2. The van der Waals surface area contributed by atoms with Gasteiger partial charge in [0, 0.05) is 13.1 Å². The molecule has 1 rings (SSSR count). The third-order valence-electron chi connectivity index (χ3n) is 2.46. The summed E-state index contributed by atoms with van der Waals surface area (Å²) in [4.78, 5) is 24.4. The van der Waals surface area contributed by atoms with E-state index in [1.807, 2.05) is 20.8 Å². The van der Waals surface area contributed by atoms with Crippen molar-refractivity contribution in [1.29, 1.82) is 0 Å². The number of hydrogen-bond acceptors (Lipinski definition) is 2. The number of hydrogen-bond donors (Lipinski definition) is 1. The van der Waals surface area contributed by atoms with Crippen molar-refractivity contribution in [3.63, 3.8) is 0 Å². The average molecular weight is 212 g/mol. The molecule has 1 aliphatic heterocycles. The predicted molar refractivity (Wildman–Crippen MR) is 55.9 cm³/mol. The van der Waals surface area contributed by atoms with E-state index in [0.717, 1.165) is 0 Å². The fourth-order valence-electron chi connectivity index (χ4n) is 1.38. The highest BCUT2D eigenvalue weighted by molar-refractivity contribution is 5.88. The lowest BCUT2D eigenvalue weighted by Crippen LogP contribution is -2.55. The summed E-state index contributed by atoms with van der Waals surface area (Å²) in [6.07, 6.45) is 0. The minimum absolute atomic E-state index is 0.0876. The molecule has 15 heavy (non-hydrogen) atoms. The zero-order valence-electron chi connectivity index (χ0n) is 9.46. The molecule has 1 heterocycles. The Morgan fingerprint density at radius 2 is 2.13 bits per heavy atom. The number of carbonyl (C=O) groups excluding carboxylic acids is 2. The monoisotopic (exact) mass is 212 g/mol. The Hall–Kier alpha value is -1.10. The Kier molecular flexibility index (Phi) is 3.34. The van der Waals surface area contributed by atoms with Crippen LogP contribution < -0.4 is 11.1 Å². The van der Waals surface area contributed by atoms with Crippen LogP contribution in [0.5, 0.6) is 0 Å². The Balaban J connectivity index is 2.64. The van der Waals surface area contributed by atoms with Gasteiger partial charge in [-0.15, -0.1) is 0 Å². The Morgan fingerprint density at radius 3 is 2.60 bits per heavy atom. The lowest BCUT2D eigenvalue weighted by Gasteiger charge is -2.33. The molecule has 5 nitrogen and oxygen atoms in total. The largest absolute Gasteiger partial charge is 0.353 e. The molecular formula is C10H18N3O2. The number of piperazine rings is 1. The van der Waals surface area contributed by atoms with Gasteiger partial charge in [0.15, 0.2) is 0 Å². The van der Waals surface area contributed by atoms with Gasteiger partial charge in [-0.2, -0.15) is 0 Å². The zero-order chi connectivity index (χ0) is 11.6. The maximum atomic E-state index is 11.8. The van der Waals surface area contributed by atoms with Crippen molar-refractivity contribution >= 4 is 11.8 Å². The topological polar surface area (TPSA) is 73.2 Å². The SMILES string of the molecule is CC(C)(C)C([NH])C(=O)N1CCNC(=O)C1. The fourth-order valence-corrected chi connectivity index (χ4v) is 1.38. The van der Waals surface area contributed by atoms with Crippen LogP contribution in [-0.2, 0) is 9.59 Å². The van der Waals surface area contributed by atoms with Crippen LogP contribution in [0.3, 0.4) is 0 Å². The van der Waals surface area contributed by atoms with E-state index in [1.54, 1.807) is 0 Å². The minimum Gasteiger partial charge on any atom is -0.353 e. The van der Waals surface area contributed by atoms with Gasteiger partial charge in [-0.3, -0.25) is 9.59 Å². The van der Waals surface area contributed by atoms with E-state index in [2.05, 4.69) is 5.32 Å². The Labute approximate surface area is 90.0 Å². The zero-order valence-corrected chi connectivity index (χ0v) is 9.46. The molecule has 1 aliphatic rings. The van der Waals surface area contributed by atoms with E-state index in [4.69, 9.17) is 5.73 Å². The van der Waals surface area contributed by atoms with Crippen molar-refractivity contribution < 1.29 is 9.59 Å². The van der Waals surface area contributed by atoms with Crippen LogP contribution in [0.25, 0.3) is 0 Å². The fraction of sp³-hybridized carbons (Fsp3) is 0.800. The highest BCUT2D eigenvalue weighted by atomic mass is 16.2. The standard InChI is InChI=1S/C10H18N3O2/c1-10(2,3)8(11)9(15)13-5-4-12-7(14)6-13/h8,11H,4-6H2,1-3H3,(H,12,14). The number of rotatable bonds is 1. The maximum Gasteiger partial charge on any atom is 0.242 e. The van der Waals surface area contributed by atoms with E-state index in [1.165, 1.54) is 4.90 Å². The second-order valence-electron chi connectivity index (χ2n) is 4.91. The molecule has 1 unspecified atom stereocenters. The van der Waals surface area contributed by atoms with Gasteiger partial charge in [0.1, 0.15) is 6.04 Å². The quantitative estimate of drug-likeness (QED) is 0.644. The van der Waals surface area contributed by atoms with Crippen molar-refractivity contribution in [3.05, 3.63) is 0 Å². The molecule has 0 aromatic heterocycles. The third kappa shape index (κ3) is 2.92. The van der Waals surface area contributed by atoms with E-state index >= 15 is 0 Å². The maximum absolute atomic E-state index is 11.8. The minimum atomic E-state index is -0.802. The first-order chi connectivity index (χ1) is 6.82. The smallest absolute Gasteiger partial charge is 0.242 e. The number of nitrogens with one attached hydrogen (secondary N) is 2. The van der Waals surface area contributed by atoms with Crippen LogP contribution in [-0.4, -0.2) is 42.4 Å². The molecule has 0 saturated carbocycles. The normalized spacial score (nSPS) is 19.7. The molecule has 1 radical (unpaired) electrons. The van der Waals surface area contributed by atoms with Crippen molar-refractivity contribution in [3.8, 4) is 0 Å². The molecule has 5 heteroatoms. The van der Waals surface area contributed by atoms with Gasteiger partial charge >= 0.3 is 0 Å². The first-order valence-electron chi connectivity index (χ1n) is 5.09. The molecule has 1 atom stereocenters. The van der Waals surface area contributed by atoms with Gasteiger partial charge in [-0.05, 0) is 5.41 Å². The number of nitrogens with zero attached hydrogens (tertiary/aromatic N) is 1. The molecule has 1 saturated heterocycles. The summed E-state index contributed by atoms with van der Waals surface area (Å²) >= 11 is 0. The molecule has 85 valence electrons. The third-order valence-corrected chi connectivity index (χ3v) is 2.46. The lowest BCUT2D eigenvalue weighted by atomic mass is 9.86. The summed E-state index contributed by atoms with van der Waals surface area (Å²) in [5, 5.41) is 2.65. The molecule has 1 fully saturated rings. The molecule has 0 spiro atoms. The summed E-state index contributed by atoms with van der Waals surface area (Å²) in [7, 11) is 0. The van der Waals surface area contributed by atoms with Crippen LogP contribution >= 0.6 is 0 Å². The molecule has 2 N–H and O–H groups in total. The second kappa shape index (κ2) is 4.18. The van der Waals surface area contributed by atoms with Gasteiger partial charge in [0.05, 0.1) is 6.54 Å². The van der Waals surface area contributed by atoms with Gasteiger partial charge < -0.3 is 10.2 Å². The summed E-state index contributed by atoms with van der Waals surface area (Å²) in [6, 6.07) is -0.802. The van der Waals surface area contributed by atoms with E-state index in [-0.39, 0.29) is 23.8 Å². The highest BCUT2D eigenvalue weighted by Crippen LogP contribution is 2.20. The van der Waals surface area contributed by atoms with E-state index in [9.17, 15) is 9.59 Å². The summed E-state index contributed by atoms with van der Waals surface area (Å²) < 4.78 is 0. The van der Waals surface area contributed by atoms with Gasteiger partial charge in [0.25, 0.3) is 0 Å². The molecule has 0 aromatic rings. The highest BCUT2D eigenvalue weighted by Gasteiger charge is 2.33. The van der Waals surface area contributed by atoms with Crippen LogP contribution in [0.4, 0.5) is 0 Å². The van der Waals surface area contributed by atoms with Crippen LogP contribution in [0, 0.1) is 5.41 Å². The van der Waals surface area contributed by atoms with Crippen LogP contribution in [0.2, 0.25) is 0 Å². The second-order valence-corrected chi connectivity index (χ2v) is 4.91. The average Bonchev–Trinajstić information content (AvgIpc) is 2.14. The molecular weight excluding hydrogens is 194 g/mol.